The van der Waals surface area contributed by atoms with Crippen molar-refractivity contribution in [1.29, 1.82) is 0 Å². The summed E-state index contributed by atoms with van der Waals surface area (Å²) >= 11 is 0. The predicted octanol–water partition coefficient (Wildman–Crippen LogP) is 5.05. The number of fused-ring (bicyclic) bond motifs is 7. The second kappa shape index (κ2) is 9.01. The van der Waals surface area contributed by atoms with Gasteiger partial charge in [-0.2, -0.15) is 0 Å². The van der Waals surface area contributed by atoms with Crippen LogP contribution >= 0.6 is 0 Å². The number of hydrogen-bond acceptors (Lipinski definition) is 5. The molecule has 0 radical (unpaired) electrons. The van der Waals surface area contributed by atoms with E-state index in [1.807, 2.05) is 12.1 Å². The average Bonchev–Trinajstić information content (AvgIpc) is 3.13. The van der Waals surface area contributed by atoms with Crippen LogP contribution in [0.25, 0.3) is 0 Å². The lowest BCUT2D eigenvalue weighted by Crippen LogP contribution is -2.62. The molecule has 4 N–H and O–H groups in total. The monoisotopic (exact) mass is 518 g/mol. The second-order valence-corrected chi connectivity index (χ2v) is 12.2. The maximum absolute atomic E-state index is 13.6. The highest BCUT2D eigenvalue weighted by molar-refractivity contribution is 5.93. The zero-order valence-corrected chi connectivity index (χ0v) is 22.2. The molecule has 2 aromatic rings. The first kappa shape index (κ1) is 25.2. The number of hydrogen-bond donors (Lipinski definition) is 3. The summed E-state index contributed by atoms with van der Waals surface area (Å²) in [5.74, 6) is 0.685. The van der Waals surface area contributed by atoms with E-state index in [4.69, 9.17) is 10.5 Å². The standard InChI is InChI=1S/C31H38N2O5/c1-3-4-14-33-26(19-6-5-7-20(15-19)27(32)35)31(37)17-25-24-10-8-18-16-21(34)9-11-22(18)23(24)12-13-30(25,2)28(31)38-29(33)36/h5-7,9,11,15-16,23-26,28,34,37H,3-4,8,10,12-14,17H2,1-2H3,(H2,32,35)/t23-,24-,25+,26+,28-,30+,31+/m1/s1. The topological polar surface area (TPSA) is 113 Å². The maximum atomic E-state index is 13.6. The fourth-order valence-corrected chi connectivity index (χ4v) is 8.57. The van der Waals surface area contributed by atoms with Gasteiger partial charge in [-0.1, -0.05) is 38.5 Å². The SMILES string of the molecule is CCCCN1C(=O)O[C@@H]2[C@@]3(C)CC[C@@H]4c5ccc(O)cc5CC[C@H]4[C@@H]3C[C@]2(O)[C@@H]1c1cccc(C(N)=O)c1. The van der Waals surface area contributed by atoms with E-state index < -0.39 is 29.7 Å². The van der Waals surface area contributed by atoms with E-state index in [0.29, 0.717) is 36.1 Å². The van der Waals surface area contributed by atoms with Crippen LogP contribution in [0.5, 0.6) is 5.75 Å². The molecular weight excluding hydrogens is 480 g/mol. The first-order valence-electron chi connectivity index (χ1n) is 14.1. The first-order valence-corrected chi connectivity index (χ1v) is 14.1. The molecule has 38 heavy (non-hydrogen) atoms. The van der Waals surface area contributed by atoms with Crippen molar-refractivity contribution in [2.45, 2.75) is 82.5 Å². The van der Waals surface area contributed by atoms with Gasteiger partial charge in [0.05, 0.1) is 6.04 Å². The number of ether oxygens (including phenoxy) is 1. The van der Waals surface area contributed by atoms with E-state index in [-0.39, 0.29) is 11.3 Å². The van der Waals surface area contributed by atoms with Crippen LogP contribution in [0.4, 0.5) is 4.79 Å². The molecule has 1 saturated heterocycles. The Hall–Kier alpha value is -3.06. The third-order valence-corrected chi connectivity index (χ3v) is 10.2. The lowest BCUT2D eigenvalue weighted by atomic mass is 9.55. The summed E-state index contributed by atoms with van der Waals surface area (Å²) in [6.45, 7) is 4.75. The van der Waals surface area contributed by atoms with Gasteiger partial charge < -0.3 is 20.7 Å². The van der Waals surface area contributed by atoms with Crippen LogP contribution in [0.1, 0.15) is 91.4 Å². The molecule has 2 aromatic carbocycles. The van der Waals surface area contributed by atoms with Crippen LogP contribution < -0.4 is 5.73 Å². The molecule has 0 aromatic heterocycles. The number of nitrogens with two attached hydrogens (primary N) is 1. The fraction of sp³-hybridized carbons (Fsp3) is 0.548. The Morgan fingerprint density at radius 3 is 2.79 bits per heavy atom. The van der Waals surface area contributed by atoms with E-state index >= 15 is 0 Å². The van der Waals surface area contributed by atoms with E-state index in [1.54, 1.807) is 29.2 Å². The Kier molecular flexibility index (Phi) is 5.98. The maximum Gasteiger partial charge on any atom is 0.410 e. The lowest BCUT2D eigenvalue weighted by molar-refractivity contribution is -0.173. The van der Waals surface area contributed by atoms with E-state index in [2.05, 4.69) is 19.9 Å². The third-order valence-electron chi connectivity index (χ3n) is 10.2. The molecule has 202 valence electrons. The summed E-state index contributed by atoms with van der Waals surface area (Å²) < 4.78 is 6.20. The summed E-state index contributed by atoms with van der Waals surface area (Å²) in [4.78, 5) is 27.3. The van der Waals surface area contributed by atoms with Gasteiger partial charge in [0.25, 0.3) is 0 Å². The Morgan fingerprint density at radius 2 is 2.03 bits per heavy atom. The van der Waals surface area contributed by atoms with Crippen molar-refractivity contribution in [3.8, 4) is 5.75 Å². The zero-order valence-electron chi connectivity index (χ0n) is 22.2. The highest BCUT2D eigenvalue weighted by atomic mass is 16.6. The van der Waals surface area contributed by atoms with Crippen molar-refractivity contribution >= 4 is 12.0 Å². The van der Waals surface area contributed by atoms with Crippen molar-refractivity contribution < 1.29 is 24.5 Å². The highest BCUT2D eigenvalue weighted by Crippen LogP contribution is 2.67. The van der Waals surface area contributed by atoms with E-state index in [0.717, 1.165) is 44.1 Å². The van der Waals surface area contributed by atoms with Crippen molar-refractivity contribution in [2.75, 3.05) is 6.54 Å². The Labute approximate surface area is 224 Å². The van der Waals surface area contributed by atoms with Crippen LogP contribution in [0.3, 0.4) is 0 Å². The van der Waals surface area contributed by atoms with Crippen LogP contribution in [-0.2, 0) is 11.2 Å². The fourth-order valence-electron chi connectivity index (χ4n) is 8.57. The molecule has 0 unspecified atom stereocenters. The molecule has 0 bridgehead atoms. The van der Waals surface area contributed by atoms with Crippen LogP contribution in [0, 0.1) is 17.3 Å². The molecule has 7 nitrogen and oxygen atoms in total. The number of aryl methyl sites for hydroxylation is 1. The highest BCUT2D eigenvalue weighted by Gasteiger charge is 2.70. The van der Waals surface area contributed by atoms with Gasteiger partial charge >= 0.3 is 6.09 Å². The normalized spacial score (nSPS) is 35.5. The molecule has 7 atom stereocenters. The van der Waals surface area contributed by atoms with Crippen molar-refractivity contribution in [3.63, 3.8) is 0 Å². The molecule has 1 aliphatic heterocycles. The molecule has 2 saturated carbocycles. The average molecular weight is 519 g/mol. The molecule has 3 aliphatic carbocycles. The van der Waals surface area contributed by atoms with Crippen LogP contribution in [0.15, 0.2) is 42.5 Å². The number of carbonyl (C=O) groups excluding carboxylic acids is 2. The van der Waals surface area contributed by atoms with Gasteiger partial charge in [0.2, 0.25) is 5.91 Å². The number of phenols is 1. The zero-order chi connectivity index (χ0) is 26.8. The summed E-state index contributed by atoms with van der Waals surface area (Å²) in [6.07, 6.45) is 4.89. The summed E-state index contributed by atoms with van der Waals surface area (Å²) in [7, 11) is 0. The summed E-state index contributed by atoms with van der Waals surface area (Å²) in [5, 5.41) is 22.7. The molecule has 0 spiro atoms. The Morgan fingerprint density at radius 1 is 1.21 bits per heavy atom. The van der Waals surface area contributed by atoms with Gasteiger partial charge in [-0.15, -0.1) is 0 Å². The second-order valence-electron chi connectivity index (χ2n) is 12.2. The molecule has 7 heteroatoms. The minimum absolute atomic E-state index is 0.180. The number of rotatable bonds is 5. The van der Waals surface area contributed by atoms with Gasteiger partial charge in [0.15, 0.2) is 0 Å². The number of phenolic OH excluding ortho intramolecular Hbond substituents is 1. The smallest absolute Gasteiger partial charge is 0.410 e. The van der Waals surface area contributed by atoms with Crippen molar-refractivity contribution in [1.82, 2.24) is 4.90 Å². The van der Waals surface area contributed by atoms with E-state index in [1.165, 1.54) is 11.1 Å². The summed E-state index contributed by atoms with van der Waals surface area (Å²) in [5.41, 5.74) is 7.60. The number of amides is 2. The van der Waals surface area contributed by atoms with Gasteiger partial charge in [0.1, 0.15) is 17.5 Å². The van der Waals surface area contributed by atoms with Gasteiger partial charge in [0, 0.05) is 17.5 Å². The first-order chi connectivity index (χ1) is 18.2. The van der Waals surface area contributed by atoms with Crippen molar-refractivity contribution in [2.24, 2.45) is 23.0 Å². The predicted molar refractivity (Wildman–Crippen MR) is 143 cm³/mol. The largest absolute Gasteiger partial charge is 0.508 e. The van der Waals surface area contributed by atoms with E-state index in [9.17, 15) is 19.8 Å². The molecule has 3 fully saturated rings. The number of nitrogens with zero attached hydrogens (tertiary/aromatic N) is 1. The number of aliphatic hydroxyl groups is 1. The lowest BCUT2D eigenvalue weighted by Gasteiger charge is -2.53. The molecular formula is C31H38N2O5. The molecule has 6 rings (SSSR count). The minimum atomic E-state index is -1.29. The van der Waals surface area contributed by atoms with Crippen molar-refractivity contribution in [3.05, 3.63) is 64.7 Å². The van der Waals surface area contributed by atoms with Gasteiger partial charge in [-0.3, -0.25) is 9.69 Å². The number of unbranched alkanes of at least 4 members (excludes halogenated alkanes) is 1. The van der Waals surface area contributed by atoms with Gasteiger partial charge in [-0.05, 0) is 97.2 Å². The Bertz CT molecular complexity index is 1280. The minimum Gasteiger partial charge on any atom is -0.508 e. The Balaban J connectivity index is 1.43. The molecule has 4 aliphatic rings. The van der Waals surface area contributed by atoms with Crippen LogP contribution in [-0.4, -0.2) is 45.4 Å². The van der Waals surface area contributed by atoms with Crippen LogP contribution in [0.2, 0.25) is 0 Å². The van der Waals surface area contributed by atoms with Gasteiger partial charge in [-0.25, -0.2) is 4.79 Å². The summed E-state index contributed by atoms with van der Waals surface area (Å²) in [6, 6.07) is 12.2. The number of benzene rings is 2. The number of aromatic hydroxyl groups is 1. The molecule has 1 heterocycles. The third kappa shape index (κ3) is 3.65. The molecule has 2 amide bonds. The number of primary amides is 1. The number of carbonyl (C=O) groups is 2. The quantitative estimate of drug-likeness (QED) is 0.513.